The molecule has 0 spiro atoms. The topological polar surface area (TPSA) is 71.0 Å². The zero-order valence-corrected chi connectivity index (χ0v) is 21.3. The van der Waals surface area contributed by atoms with Gasteiger partial charge in [-0.3, -0.25) is 14.5 Å². The lowest BCUT2D eigenvalue weighted by Crippen LogP contribution is -2.33. The molecular weight excluding hydrogens is 482 g/mol. The van der Waals surface area contributed by atoms with Gasteiger partial charge < -0.3 is 10.1 Å². The van der Waals surface area contributed by atoms with E-state index in [-0.39, 0.29) is 18.2 Å². The first-order valence-corrected chi connectivity index (χ1v) is 12.4. The standard InChI is InChI=1S/C27H26ClN3O3S/c1-17-4-13-23(18(2)14-17)30-25(32)15-24-26(33)31(16-19-5-11-22(34-3)12-6-19)27(35-24)29-21-9-7-20(28)8-10-21/h4-14,24H,15-16H2,1-3H3,(H,30,32)/t24-/m1/s1. The molecule has 0 saturated carbocycles. The van der Waals surface area contributed by atoms with Crippen molar-refractivity contribution < 1.29 is 14.3 Å². The zero-order valence-electron chi connectivity index (χ0n) is 19.7. The van der Waals surface area contributed by atoms with Crippen molar-refractivity contribution >= 4 is 51.7 Å². The first-order chi connectivity index (χ1) is 16.8. The number of carbonyl (C=O) groups excluding carboxylic acids is 2. The predicted octanol–water partition coefficient (Wildman–Crippen LogP) is 6.13. The highest BCUT2D eigenvalue weighted by Gasteiger charge is 2.39. The molecule has 2 amide bonds. The summed E-state index contributed by atoms with van der Waals surface area (Å²) in [7, 11) is 1.61. The molecular formula is C27H26ClN3O3S. The van der Waals surface area contributed by atoms with Gasteiger partial charge in [-0.15, -0.1) is 0 Å². The van der Waals surface area contributed by atoms with Gasteiger partial charge in [-0.25, -0.2) is 4.99 Å². The molecule has 3 aromatic rings. The summed E-state index contributed by atoms with van der Waals surface area (Å²) in [5.41, 5.74) is 4.48. The fourth-order valence-electron chi connectivity index (χ4n) is 3.73. The summed E-state index contributed by atoms with van der Waals surface area (Å²) in [6.07, 6.45) is 0.0512. The molecule has 1 aliphatic heterocycles. The molecule has 0 aromatic heterocycles. The minimum Gasteiger partial charge on any atom is -0.497 e. The monoisotopic (exact) mass is 507 g/mol. The van der Waals surface area contributed by atoms with Crippen LogP contribution >= 0.6 is 23.4 Å². The largest absolute Gasteiger partial charge is 0.497 e. The van der Waals surface area contributed by atoms with Crippen LogP contribution in [0.25, 0.3) is 0 Å². The Bertz CT molecular complexity index is 1260. The SMILES string of the molecule is COc1ccc(CN2C(=O)[C@@H](CC(=O)Nc3ccc(C)cc3C)SC2=Nc2ccc(Cl)cc2)cc1. The van der Waals surface area contributed by atoms with Crippen LogP contribution in [0.3, 0.4) is 0 Å². The van der Waals surface area contributed by atoms with Gasteiger partial charge in [0.1, 0.15) is 11.0 Å². The molecule has 0 aliphatic carbocycles. The number of rotatable bonds is 7. The molecule has 1 aliphatic rings. The molecule has 3 aromatic carbocycles. The molecule has 35 heavy (non-hydrogen) atoms. The number of methoxy groups -OCH3 is 1. The van der Waals surface area contributed by atoms with Crippen molar-refractivity contribution in [3.8, 4) is 5.75 Å². The van der Waals surface area contributed by atoms with Crippen LogP contribution in [0.4, 0.5) is 11.4 Å². The molecule has 1 fully saturated rings. The van der Waals surface area contributed by atoms with Crippen LogP contribution in [-0.2, 0) is 16.1 Å². The minimum atomic E-state index is -0.565. The van der Waals surface area contributed by atoms with Crippen molar-refractivity contribution in [2.75, 3.05) is 12.4 Å². The fraction of sp³-hybridized carbons (Fsp3) is 0.222. The number of ether oxygens (including phenoxy) is 1. The number of hydrogen-bond donors (Lipinski definition) is 1. The lowest BCUT2D eigenvalue weighted by Gasteiger charge is -2.17. The number of thioether (sulfide) groups is 1. The van der Waals surface area contributed by atoms with E-state index in [1.807, 2.05) is 56.3 Å². The number of benzene rings is 3. The Morgan fingerprint density at radius 1 is 1.09 bits per heavy atom. The van der Waals surface area contributed by atoms with Gasteiger partial charge >= 0.3 is 0 Å². The number of amides is 2. The third-order valence-electron chi connectivity index (χ3n) is 5.60. The van der Waals surface area contributed by atoms with Crippen molar-refractivity contribution in [2.24, 2.45) is 4.99 Å². The lowest BCUT2D eigenvalue weighted by atomic mass is 10.1. The third kappa shape index (κ3) is 6.24. The van der Waals surface area contributed by atoms with Crippen LogP contribution in [0, 0.1) is 13.8 Å². The summed E-state index contributed by atoms with van der Waals surface area (Å²) >= 11 is 7.31. The number of nitrogens with zero attached hydrogens (tertiary/aromatic N) is 2. The second kappa shape index (κ2) is 11.0. The third-order valence-corrected chi connectivity index (χ3v) is 7.03. The highest BCUT2D eigenvalue weighted by molar-refractivity contribution is 8.15. The number of nitrogens with one attached hydrogen (secondary N) is 1. The van der Waals surface area contributed by atoms with E-state index in [1.165, 1.54) is 11.8 Å². The summed E-state index contributed by atoms with van der Waals surface area (Å²) in [5.74, 6) is 0.390. The van der Waals surface area contributed by atoms with E-state index in [2.05, 4.69) is 5.32 Å². The van der Waals surface area contributed by atoms with E-state index in [1.54, 1.807) is 36.3 Å². The number of aryl methyl sites for hydroxylation is 2. The van der Waals surface area contributed by atoms with Gasteiger partial charge in [0.05, 0.1) is 19.3 Å². The number of aliphatic imine (C=N–C) groups is 1. The van der Waals surface area contributed by atoms with E-state index in [4.69, 9.17) is 21.3 Å². The van der Waals surface area contributed by atoms with E-state index < -0.39 is 5.25 Å². The lowest BCUT2D eigenvalue weighted by molar-refractivity contribution is -0.128. The number of hydrogen-bond acceptors (Lipinski definition) is 5. The van der Waals surface area contributed by atoms with Crippen molar-refractivity contribution in [3.63, 3.8) is 0 Å². The fourth-order valence-corrected chi connectivity index (χ4v) is 5.02. The number of amidine groups is 1. The number of halogens is 1. The van der Waals surface area contributed by atoms with Crippen LogP contribution in [-0.4, -0.2) is 34.2 Å². The van der Waals surface area contributed by atoms with E-state index in [0.717, 1.165) is 28.1 Å². The van der Waals surface area contributed by atoms with Gasteiger partial charge in [-0.2, -0.15) is 0 Å². The second-order valence-corrected chi connectivity index (χ2v) is 9.93. The quantitative estimate of drug-likeness (QED) is 0.418. The van der Waals surface area contributed by atoms with Crippen molar-refractivity contribution in [1.29, 1.82) is 0 Å². The van der Waals surface area contributed by atoms with Crippen LogP contribution in [0.1, 0.15) is 23.1 Å². The van der Waals surface area contributed by atoms with E-state index >= 15 is 0 Å². The maximum Gasteiger partial charge on any atom is 0.242 e. The normalized spacial score (nSPS) is 16.6. The highest BCUT2D eigenvalue weighted by atomic mass is 35.5. The maximum absolute atomic E-state index is 13.4. The van der Waals surface area contributed by atoms with Gasteiger partial charge in [0.25, 0.3) is 0 Å². The first kappa shape index (κ1) is 24.8. The second-order valence-electron chi connectivity index (χ2n) is 8.32. The molecule has 6 nitrogen and oxygen atoms in total. The summed E-state index contributed by atoms with van der Waals surface area (Å²) in [5, 5.41) is 3.54. The van der Waals surface area contributed by atoms with Crippen LogP contribution in [0.2, 0.25) is 5.02 Å². The molecule has 1 atom stereocenters. The molecule has 1 saturated heterocycles. The Kier molecular flexibility index (Phi) is 7.78. The van der Waals surface area contributed by atoms with Crippen LogP contribution in [0.5, 0.6) is 5.75 Å². The Balaban J connectivity index is 1.54. The van der Waals surface area contributed by atoms with Crippen molar-refractivity contribution in [3.05, 3.63) is 88.4 Å². The first-order valence-electron chi connectivity index (χ1n) is 11.1. The maximum atomic E-state index is 13.4. The minimum absolute atomic E-state index is 0.0512. The van der Waals surface area contributed by atoms with Crippen molar-refractivity contribution in [2.45, 2.75) is 32.1 Å². The van der Waals surface area contributed by atoms with Gasteiger partial charge in [0, 0.05) is 17.1 Å². The van der Waals surface area contributed by atoms with Gasteiger partial charge in [-0.05, 0) is 67.4 Å². The molecule has 0 radical (unpaired) electrons. The molecule has 1 N–H and O–H groups in total. The summed E-state index contributed by atoms with van der Waals surface area (Å²) < 4.78 is 5.23. The molecule has 8 heteroatoms. The van der Waals surface area contributed by atoms with E-state index in [9.17, 15) is 9.59 Å². The van der Waals surface area contributed by atoms with E-state index in [0.29, 0.717) is 22.4 Å². The molecule has 0 unspecified atom stereocenters. The zero-order chi connectivity index (χ0) is 24.9. The molecule has 180 valence electrons. The number of anilines is 1. The molecule has 0 bridgehead atoms. The summed E-state index contributed by atoms with van der Waals surface area (Å²) in [4.78, 5) is 32.5. The summed E-state index contributed by atoms with van der Waals surface area (Å²) in [6, 6.07) is 20.5. The Labute approximate surface area is 214 Å². The average molecular weight is 508 g/mol. The Morgan fingerprint density at radius 2 is 1.80 bits per heavy atom. The molecule has 4 rings (SSSR count). The van der Waals surface area contributed by atoms with Crippen LogP contribution in [0.15, 0.2) is 71.7 Å². The Morgan fingerprint density at radius 3 is 2.46 bits per heavy atom. The number of carbonyl (C=O) groups is 2. The molecule has 1 heterocycles. The van der Waals surface area contributed by atoms with Gasteiger partial charge in [0.15, 0.2) is 5.17 Å². The predicted molar refractivity (Wildman–Crippen MR) is 143 cm³/mol. The average Bonchev–Trinajstić information content (AvgIpc) is 3.11. The highest BCUT2D eigenvalue weighted by Crippen LogP contribution is 2.33. The van der Waals surface area contributed by atoms with Gasteiger partial charge in [0.2, 0.25) is 11.8 Å². The Hall–Kier alpha value is -3.29. The van der Waals surface area contributed by atoms with Crippen molar-refractivity contribution in [1.82, 2.24) is 4.90 Å². The smallest absolute Gasteiger partial charge is 0.242 e. The summed E-state index contributed by atoms with van der Waals surface area (Å²) in [6.45, 7) is 4.30. The van der Waals surface area contributed by atoms with Gasteiger partial charge in [-0.1, -0.05) is 53.2 Å². The van der Waals surface area contributed by atoms with Crippen LogP contribution < -0.4 is 10.1 Å².